The van der Waals surface area contributed by atoms with Gasteiger partial charge in [-0.3, -0.25) is 4.68 Å². The summed E-state index contributed by atoms with van der Waals surface area (Å²) in [6.07, 6.45) is 0.733. The van der Waals surface area contributed by atoms with E-state index in [1.807, 2.05) is 25.6 Å². The van der Waals surface area contributed by atoms with Gasteiger partial charge < -0.3 is 14.5 Å². The summed E-state index contributed by atoms with van der Waals surface area (Å²) in [5, 5.41) is 7.77. The molecule has 0 aliphatic carbocycles. The molecule has 7 heteroatoms. The Balaban J connectivity index is 1.62. The zero-order chi connectivity index (χ0) is 16.8. The van der Waals surface area contributed by atoms with Crippen LogP contribution in [0.5, 0.6) is 0 Å². The molecule has 0 amide bonds. The summed E-state index contributed by atoms with van der Waals surface area (Å²) < 4.78 is 26.8. The molecule has 1 aliphatic rings. The second kappa shape index (κ2) is 5.59. The number of benzene rings is 1. The van der Waals surface area contributed by atoms with Crippen molar-refractivity contribution in [1.82, 2.24) is 14.8 Å². The first kappa shape index (κ1) is 15.1. The molecule has 2 aromatic heterocycles. The molecule has 24 heavy (non-hydrogen) atoms. The second-order valence-electron chi connectivity index (χ2n) is 6.17. The van der Waals surface area contributed by atoms with Gasteiger partial charge in [0.1, 0.15) is 17.4 Å². The number of nitrogens with zero attached hydrogens (tertiary/aromatic N) is 3. The molecule has 1 aliphatic heterocycles. The number of fused-ring (bicyclic) bond motifs is 1. The van der Waals surface area contributed by atoms with Crippen LogP contribution in [-0.4, -0.2) is 27.4 Å². The SMILES string of the molecule is Cc1nn(C)c(C)c1[C@H]1OCC[C@@H]1Nc1nc2cc(F)ccc2o1. The van der Waals surface area contributed by atoms with Crippen LogP contribution in [0.15, 0.2) is 22.6 Å². The third-order valence-corrected chi connectivity index (χ3v) is 4.60. The molecule has 0 radical (unpaired) electrons. The van der Waals surface area contributed by atoms with E-state index in [2.05, 4.69) is 15.4 Å². The Kier molecular flexibility index (Phi) is 3.53. The first-order valence-corrected chi connectivity index (χ1v) is 7.97. The van der Waals surface area contributed by atoms with Gasteiger partial charge in [0.25, 0.3) is 6.01 Å². The van der Waals surface area contributed by atoms with Gasteiger partial charge in [0, 0.05) is 31.0 Å². The van der Waals surface area contributed by atoms with Crippen LogP contribution in [0.4, 0.5) is 10.4 Å². The zero-order valence-electron chi connectivity index (χ0n) is 13.8. The number of ether oxygens (including phenoxy) is 1. The van der Waals surface area contributed by atoms with Crippen molar-refractivity contribution in [3.8, 4) is 0 Å². The van der Waals surface area contributed by atoms with Crippen LogP contribution in [0.3, 0.4) is 0 Å². The van der Waals surface area contributed by atoms with Gasteiger partial charge in [-0.05, 0) is 32.4 Å². The van der Waals surface area contributed by atoms with Crippen molar-refractivity contribution >= 4 is 17.1 Å². The van der Waals surface area contributed by atoms with E-state index in [1.165, 1.54) is 12.1 Å². The molecule has 2 atom stereocenters. The van der Waals surface area contributed by atoms with Crippen LogP contribution in [0.2, 0.25) is 0 Å². The fourth-order valence-electron chi connectivity index (χ4n) is 3.34. The van der Waals surface area contributed by atoms with Crippen LogP contribution in [0, 0.1) is 19.7 Å². The van der Waals surface area contributed by atoms with Gasteiger partial charge in [0.05, 0.1) is 11.7 Å². The maximum Gasteiger partial charge on any atom is 0.296 e. The molecule has 1 N–H and O–H groups in total. The van der Waals surface area contributed by atoms with E-state index in [0.717, 1.165) is 23.4 Å². The van der Waals surface area contributed by atoms with Gasteiger partial charge in [-0.25, -0.2) is 4.39 Å². The van der Waals surface area contributed by atoms with Gasteiger partial charge in [-0.2, -0.15) is 10.1 Å². The lowest BCUT2D eigenvalue weighted by Gasteiger charge is -2.19. The quantitative estimate of drug-likeness (QED) is 0.798. The van der Waals surface area contributed by atoms with Gasteiger partial charge in [0.2, 0.25) is 0 Å². The number of halogens is 1. The highest BCUT2D eigenvalue weighted by Gasteiger charge is 2.34. The molecular formula is C17H19FN4O2. The summed E-state index contributed by atoms with van der Waals surface area (Å²) in [5.74, 6) is -0.328. The van der Waals surface area contributed by atoms with E-state index in [0.29, 0.717) is 23.7 Å². The van der Waals surface area contributed by atoms with Crippen LogP contribution >= 0.6 is 0 Å². The molecule has 0 unspecified atom stereocenters. The summed E-state index contributed by atoms with van der Waals surface area (Å²) in [6.45, 7) is 4.69. The number of anilines is 1. The molecular weight excluding hydrogens is 311 g/mol. The van der Waals surface area contributed by atoms with Crippen molar-refractivity contribution in [2.45, 2.75) is 32.4 Å². The Morgan fingerprint density at radius 3 is 2.92 bits per heavy atom. The monoisotopic (exact) mass is 330 g/mol. The molecule has 6 nitrogen and oxygen atoms in total. The van der Waals surface area contributed by atoms with Crippen LogP contribution in [0.1, 0.15) is 29.5 Å². The van der Waals surface area contributed by atoms with Gasteiger partial charge in [0.15, 0.2) is 5.58 Å². The van der Waals surface area contributed by atoms with E-state index >= 15 is 0 Å². The first-order chi connectivity index (χ1) is 11.5. The highest BCUT2D eigenvalue weighted by molar-refractivity contribution is 5.74. The summed E-state index contributed by atoms with van der Waals surface area (Å²) in [4.78, 5) is 4.32. The second-order valence-corrected chi connectivity index (χ2v) is 6.17. The van der Waals surface area contributed by atoms with E-state index < -0.39 is 0 Å². The number of nitrogens with one attached hydrogen (secondary N) is 1. The van der Waals surface area contributed by atoms with Crippen LogP contribution in [-0.2, 0) is 11.8 Å². The number of aryl methyl sites for hydroxylation is 2. The van der Waals surface area contributed by atoms with Crippen molar-refractivity contribution in [2.75, 3.05) is 11.9 Å². The minimum absolute atomic E-state index is 0.0320. The van der Waals surface area contributed by atoms with E-state index in [4.69, 9.17) is 9.15 Å². The van der Waals surface area contributed by atoms with Gasteiger partial charge >= 0.3 is 0 Å². The van der Waals surface area contributed by atoms with Crippen molar-refractivity contribution in [1.29, 1.82) is 0 Å². The molecule has 3 heterocycles. The van der Waals surface area contributed by atoms with Crippen molar-refractivity contribution < 1.29 is 13.5 Å². The maximum absolute atomic E-state index is 13.3. The topological polar surface area (TPSA) is 65.1 Å². The maximum atomic E-state index is 13.3. The van der Waals surface area contributed by atoms with Crippen LogP contribution < -0.4 is 5.32 Å². The fraction of sp³-hybridized carbons (Fsp3) is 0.412. The van der Waals surface area contributed by atoms with Gasteiger partial charge in [-0.15, -0.1) is 0 Å². The Bertz CT molecular complexity index is 902. The lowest BCUT2D eigenvalue weighted by molar-refractivity contribution is 0.106. The number of oxazole rings is 1. The third-order valence-electron chi connectivity index (χ3n) is 4.60. The first-order valence-electron chi connectivity index (χ1n) is 7.97. The Labute approximate surface area is 138 Å². The molecule has 1 saturated heterocycles. The fourth-order valence-corrected chi connectivity index (χ4v) is 3.34. The van der Waals surface area contributed by atoms with Crippen LogP contribution in [0.25, 0.3) is 11.1 Å². The molecule has 4 rings (SSSR count). The van der Waals surface area contributed by atoms with E-state index in [1.54, 1.807) is 6.07 Å². The molecule has 0 spiro atoms. The lowest BCUT2D eigenvalue weighted by atomic mass is 10.0. The van der Waals surface area contributed by atoms with Crippen molar-refractivity contribution in [3.05, 3.63) is 41.0 Å². The predicted molar refractivity (Wildman–Crippen MR) is 87.4 cm³/mol. The molecule has 0 saturated carbocycles. The average molecular weight is 330 g/mol. The van der Waals surface area contributed by atoms with E-state index in [-0.39, 0.29) is 18.0 Å². The van der Waals surface area contributed by atoms with Crippen molar-refractivity contribution in [2.24, 2.45) is 7.05 Å². The summed E-state index contributed by atoms with van der Waals surface area (Å²) in [5.41, 5.74) is 4.22. The highest BCUT2D eigenvalue weighted by atomic mass is 19.1. The minimum Gasteiger partial charge on any atom is -0.424 e. The molecule has 3 aromatic rings. The minimum atomic E-state index is -0.328. The zero-order valence-corrected chi connectivity index (χ0v) is 13.8. The number of hydrogen-bond acceptors (Lipinski definition) is 5. The lowest BCUT2D eigenvalue weighted by Crippen LogP contribution is -2.24. The standard InChI is InChI=1S/C17H19FN4O2/c1-9-15(10(2)22(3)21-9)16-12(6-7-23-16)19-17-20-13-8-11(18)4-5-14(13)24-17/h4-5,8,12,16H,6-7H2,1-3H3,(H,19,20)/t12-,16-/m0/s1. The Hall–Kier alpha value is -2.41. The summed E-state index contributed by atoms with van der Waals surface area (Å²) >= 11 is 0. The Morgan fingerprint density at radius 1 is 1.33 bits per heavy atom. The normalized spacial score (nSPS) is 20.8. The number of rotatable bonds is 3. The molecule has 1 aromatic carbocycles. The smallest absolute Gasteiger partial charge is 0.296 e. The molecule has 0 bridgehead atoms. The molecule has 1 fully saturated rings. The predicted octanol–water partition coefficient (Wildman–Crippen LogP) is 3.26. The number of aromatic nitrogens is 3. The van der Waals surface area contributed by atoms with E-state index in [9.17, 15) is 4.39 Å². The van der Waals surface area contributed by atoms with Gasteiger partial charge in [-0.1, -0.05) is 0 Å². The average Bonchev–Trinajstić information content (AvgIpc) is 3.19. The van der Waals surface area contributed by atoms with Crippen molar-refractivity contribution in [3.63, 3.8) is 0 Å². The third kappa shape index (κ3) is 2.45. The summed E-state index contributed by atoms with van der Waals surface area (Å²) in [7, 11) is 1.93. The Morgan fingerprint density at radius 2 is 2.17 bits per heavy atom. The summed E-state index contributed by atoms with van der Waals surface area (Å²) in [6, 6.07) is 4.73. The number of hydrogen-bond donors (Lipinski definition) is 1. The molecule has 126 valence electrons. The largest absolute Gasteiger partial charge is 0.424 e. The highest BCUT2D eigenvalue weighted by Crippen LogP contribution is 2.35.